The zero-order valence-electron chi connectivity index (χ0n) is 12.9. The van der Waals surface area contributed by atoms with Gasteiger partial charge >= 0.3 is 8.80 Å². The molecule has 0 amide bonds. The van der Waals surface area contributed by atoms with Crippen molar-refractivity contribution < 1.29 is 23.4 Å². The molecule has 0 aromatic heterocycles. The molecule has 0 aliphatic heterocycles. The lowest BCUT2D eigenvalue weighted by atomic mass is 10.0. The summed E-state index contributed by atoms with van der Waals surface area (Å²) in [6.45, 7) is 3.71. The average molecular weight is 312 g/mol. The van der Waals surface area contributed by atoms with Gasteiger partial charge in [-0.2, -0.15) is 0 Å². The van der Waals surface area contributed by atoms with Crippen molar-refractivity contribution in [2.75, 3.05) is 21.3 Å². The Bertz CT molecular complexity index is 408. The average Bonchev–Trinajstić information content (AvgIpc) is 2.56. The van der Waals surface area contributed by atoms with Crippen molar-refractivity contribution in [2.24, 2.45) is 0 Å². The first-order valence-corrected chi connectivity index (χ1v) is 8.76. The summed E-state index contributed by atoms with van der Waals surface area (Å²) in [6, 6.07) is 8.39. The molecule has 1 atom stereocenters. The number of benzene rings is 1. The van der Waals surface area contributed by atoms with Crippen LogP contribution in [0, 0.1) is 0 Å². The second kappa shape index (κ2) is 9.09. The first-order chi connectivity index (χ1) is 10.1. The van der Waals surface area contributed by atoms with Crippen molar-refractivity contribution in [3.05, 3.63) is 42.0 Å². The summed E-state index contributed by atoms with van der Waals surface area (Å²) >= 11 is 0. The van der Waals surface area contributed by atoms with E-state index in [4.69, 9.17) is 18.5 Å². The van der Waals surface area contributed by atoms with Crippen LogP contribution in [0.1, 0.15) is 30.1 Å². The Balaban J connectivity index is 2.59. The van der Waals surface area contributed by atoms with E-state index >= 15 is 0 Å². The molecular formula is C15H24O5Si. The first kappa shape index (κ1) is 18.0. The SMILES string of the molecule is C=Cc1ccc(C(CCC[Si](OC)(OC)OC)OO)cc1. The van der Waals surface area contributed by atoms with Crippen molar-refractivity contribution in [3.63, 3.8) is 0 Å². The van der Waals surface area contributed by atoms with Crippen molar-refractivity contribution in [1.82, 2.24) is 0 Å². The molecule has 6 heteroatoms. The van der Waals surface area contributed by atoms with Crippen LogP contribution in [0.3, 0.4) is 0 Å². The van der Waals surface area contributed by atoms with E-state index in [2.05, 4.69) is 11.5 Å². The fourth-order valence-electron chi connectivity index (χ4n) is 2.19. The predicted octanol–water partition coefficient (Wildman–Crippen LogP) is 3.52. The molecule has 1 unspecified atom stereocenters. The van der Waals surface area contributed by atoms with E-state index in [0.29, 0.717) is 12.5 Å². The Morgan fingerprint density at radius 2 is 1.71 bits per heavy atom. The molecule has 5 nitrogen and oxygen atoms in total. The fraction of sp³-hybridized carbons (Fsp3) is 0.467. The molecule has 0 heterocycles. The molecule has 21 heavy (non-hydrogen) atoms. The van der Waals surface area contributed by atoms with E-state index in [0.717, 1.165) is 17.5 Å². The smallest absolute Gasteiger partial charge is 0.377 e. The highest BCUT2D eigenvalue weighted by Crippen LogP contribution is 2.26. The molecule has 0 saturated heterocycles. The zero-order valence-corrected chi connectivity index (χ0v) is 13.9. The quantitative estimate of drug-likeness (QED) is 0.407. The summed E-state index contributed by atoms with van der Waals surface area (Å²) in [5, 5.41) is 9.10. The lowest BCUT2D eigenvalue weighted by Gasteiger charge is -2.24. The molecule has 0 fully saturated rings. The first-order valence-electron chi connectivity index (χ1n) is 6.82. The topological polar surface area (TPSA) is 57.2 Å². The molecule has 0 bridgehead atoms. The molecule has 0 saturated carbocycles. The predicted molar refractivity (Wildman–Crippen MR) is 83.8 cm³/mol. The fourth-order valence-corrected chi connectivity index (χ4v) is 3.94. The van der Waals surface area contributed by atoms with E-state index < -0.39 is 8.80 Å². The van der Waals surface area contributed by atoms with Crippen LogP contribution in [0.25, 0.3) is 6.08 Å². The molecule has 0 radical (unpaired) electrons. The van der Waals surface area contributed by atoms with E-state index in [1.165, 1.54) is 0 Å². The van der Waals surface area contributed by atoms with Gasteiger partial charge < -0.3 is 13.3 Å². The highest BCUT2D eigenvalue weighted by Gasteiger charge is 2.37. The molecule has 118 valence electrons. The van der Waals surface area contributed by atoms with Crippen molar-refractivity contribution >= 4 is 14.9 Å². The Morgan fingerprint density at radius 3 is 2.14 bits per heavy atom. The monoisotopic (exact) mass is 312 g/mol. The zero-order chi connectivity index (χ0) is 15.7. The molecular weight excluding hydrogens is 288 g/mol. The standard InChI is InChI=1S/C15H24O5Si/c1-5-13-8-10-14(11-9-13)15(20-16)7-6-12-21(17-2,18-3)19-4/h5,8-11,15-16H,1,6-7,12H2,2-4H3. The summed E-state index contributed by atoms with van der Waals surface area (Å²) in [5.74, 6) is 0. The van der Waals surface area contributed by atoms with Gasteiger partial charge in [0.2, 0.25) is 0 Å². The Labute approximate surface area is 127 Å². The molecule has 0 aliphatic carbocycles. The van der Waals surface area contributed by atoms with Gasteiger partial charge in [0, 0.05) is 27.4 Å². The van der Waals surface area contributed by atoms with E-state index in [9.17, 15) is 0 Å². The van der Waals surface area contributed by atoms with Crippen LogP contribution in [0.5, 0.6) is 0 Å². The normalized spacial score (nSPS) is 13.1. The minimum Gasteiger partial charge on any atom is -0.377 e. The largest absolute Gasteiger partial charge is 0.500 e. The van der Waals surface area contributed by atoms with Crippen molar-refractivity contribution in [1.29, 1.82) is 0 Å². The lowest BCUT2D eigenvalue weighted by molar-refractivity contribution is -0.283. The maximum atomic E-state index is 9.10. The van der Waals surface area contributed by atoms with E-state index in [-0.39, 0.29) is 6.10 Å². The van der Waals surface area contributed by atoms with Gasteiger partial charge in [0.1, 0.15) is 6.10 Å². The number of hydrogen-bond donors (Lipinski definition) is 1. The van der Waals surface area contributed by atoms with Crippen LogP contribution in [0.4, 0.5) is 0 Å². The minimum absolute atomic E-state index is 0.374. The third-order valence-corrected chi connectivity index (χ3v) is 6.39. The second-order valence-electron chi connectivity index (χ2n) is 4.65. The van der Waals surface area contributed by atoms with Crippen LogP contribution in [0.2, 0.25) is 6.04 Å². The maximum Gasteiger partial charge on any atom is 0.500 e. The van der Waals surface area contributed by atoms with E-state index in [1.807, 2.05) is 24.3 Å². The maximum absolute atomic E-state index is 9.10. The van der Waals surface area contributed by atoms with Gasteiger partial charge in [0.05, 0.1) is 0 Å². The summed E-state index contributed by atoms with van der Waals surface area (Å²) in [4.78, 5) is 4.59. The highest BCUT2D eigenvalue weighted by molar-refractivity contribution is 6.60. The molecule has 1 rings (SSSR count). The third-order valence-electron chi connectivity index (χ3n) is 3.55. The van der Waals surface area contributed by atoms with Gasteiger partial charge in [0.25, 0.3) is 0 Å². The molecule has 1 aromatic carbocycles. The summed E-state index contributed by atoms with van der Waals surface area (Å²) < 4.78 is 16.1. The Morgan fingerprint density at radius 1 is 1.14 bits per heavy atom. The van der Waals surface area contributed by atoms with Gasteiger partial charge in [-0.15, -0.1) is 0 Å². The summed E-state index contributed by atoms with van der Waals surface area (Å²) in [5.41, 5.74) is 1.95. The number of hydrogen-bond acceptors (Lipinski definition) is 5. The van der Waals surface area contributed by atoms with Gasteiger partial charge in [-0.05, 0) is 24.0 Å². The van der Waals surface area contributed by atoms with Crippen LogP contribution < -0.4 is 0 Å². The van der Waals surface area contributed by atoms with E-state index in [1.54, 1.807) is 27.4 Å². The van der Waals surface area contributed by atoms with Crippen molar-refractivity contribution in [2.45, 2.75) is 25.0 Å². The van der Waals surface area contributed by atoms with Gasteiger partial charge in [-0.1, -0.05) is 36.9 Å². The summed E-state index contributed by atoms with van der Waals surface area (Å²) in [6.07, 6.45) is 2.81. The Kier molecular flexibility index (Phi) is 7.80. The van der Waals surface area contributed by atoms with Gasteiger partial charge in [-0.3, -0.25) is 5.26 Å². The van der Waals surface area contributed by atoms with Gasteiger partial charge in [0.15, 0.2) is 0 Å². The van der Waals surface area contributed by atoms with Crippen LogP contribution in [-0.2, 0) is 18.2 Å². The van der Waals surface area contributed by atoms with Crippen LogP contribution >= 0.6 is 0 Å². The second-order valence-corrected chi connectivity index (χ2v) is 7.74. The highest BCUT2D eigenvalue weighted by atomic mass is 28.4. The van der Waals surface area contributed by atoms with Gasteiger partial charge in [-0.25, -0.2) is 4.89 Å². The molecule has 1 N–H and O–H groups in total. The van der Waals surface area contributed by atoms with Crippen LogP contribution in [0.15, 0.2) is 30.8 Å². The molecule has 1 aromatic rings. The molecule has 0 spiro atoms. The lowest BCUT2D eigenvalue weighted by Crippen LogP contribution is -2.42. The van der Waals surface area contributed by atoms with Crippen LogP contribution in [-0.4, -0.2) is 35.4 Å². The number of rotatable bonds is 10. The molecule has 0 aliphatic rings. The minimum atomic E-state index is -2.56. The van der Waals surface area contributed by atoms with Crippen molar-refractivity contribution in [3.8, 4) is 0 Å². The summed E-state index contributed by atoms with van der Waals surface area (Å²) in [7, 11) is 2.21. The third kappa shape index (κ3) is 5.03. The Hall–Kier alpha value is -1.02.